The number of hydrogen-bond donors (Lipinski definition) is 1. The first-order valence-corrected chi connectivity index (χ1v) is 8.31. The summed E-state index contributed by atoms with van der Waals surface area (Å²) >= 11 is 0. The van der Waals surface area contributed by atoms with Crippen LogP contribution in [0.3, 0.4) is 0 Å². The van der Waals surface area contributed by atoms with Gasteiger partial charge in [0.05, 0.1) is 14.2 Å². The summed E-state index contributed by atoms with van der Waals surface area (Å²) in [4.78, 5) is 24.0. The second-order valence-electron chi connectivity index (χ2n) is 5.62. The van der Waals surface area contributed by atoms with E-state index >= 15 is 0 Å². The highest BCUT2D eigenvalue weighted by atomic mass is 16.5. The van der Waals surface area contributed by atoms with Crippen LogP contribution in [0.5, 0.6) is 17.2 Å². The van der Waals surface area contributed by atoms with Crippen LogP contribution in [0.1, 0.15) is 30.6 Å². The molecule has 0 saturated heterocycles. The number of rotatable bonds is 8. The van der Waals surface area contributed by atoms with Gasteiger partial charge in [0.25, 0.3) is 5.91 Å². The van der Waals surface area contributed by atoms with E-state index in [1.165, 1.54) is 7.11 Å². The van der Waals surface area contributed by atoms with Gasteiger partial charge in [-0.2, -0.15) is 0 Å². The number of benzene rings is 2. The predicted molar refractivity (Wildman–Crippen MR) is 99.3 cm³/mol. The van der Waals surface area contributed by atoms with Crippen LogP contribution in [-0.4, -0.2) is 32.0 Å². The molecule has 2 aromatic carbocycles. The van der Waals surface area contributed by atoms with Crippen LogP contribution < -0.4 is 19.5 Å². The molecule has 138 valence electrons. The molecule has 1 N–H and O–H groups in total. The van der Waals surface area contributed by atoms with Crippen molar-refractivity contribution in [3.05, 3.63) is 48.0 Å². The van der Waals surface area contributed by atoms with Crippen LogP contribution in [-0.2, 0) is 4.79 Å². The molecule has 0 aliphatic heterocycles. The van der Waals surface area contributed by atoms with E-state index in [4.69, 9.17) is 14.2 Å². The third kappa shape index (κ3) is 4.75. The average Bonchev–Trinajstić information content (AvgIpc) is 2.67. The van der Waals surface area contributed by atoms with Crippen molar-refractivity contribution in [3.63, 3.8) is 0 Å². The molecule has 0 aliphatic rings. The number of Topliss-reactive ketones (excluding diaryl/α,β-unsaturated/α-hetero) is 1. The van der Waals surface area contributed by atoms with Crippen LogP contribution in [0.2, 0.25) is 0 Å². The van der Waals surface area contributed by atoms with Crippen molar-refractivity contribution in [3.8, 4) is 17.2 Å². The molecule has 6 nitrogen and oxygen atoms in total. The molecular formula is C20H23NO5. The van der Waals surface area contributed by atoms with Gasteiger partial charge in [0.1, 0.15) is 5.75 Å². The van der Waals surface area contributed by atoms with E-state index < -0.39 is 6.10 Å². The summed E-state index contributed by atoms with van der Waals surface area (Å²) in [6.45, 7) is 3.47. The van der Waals surface area contributed by atoms with Crippen LogP contribution in [0.4, 0.5) is 5.69 Å². The summed E-state index contributed by atoms with van der Waals surface area (Å²) in [6.07, 6.45) is -0.263. The van der Waals surface area contributed by atoms with Gasteiger partial charge >= 0.3 is 0 Å². The SMILES string of the molecule is CCC(=O)c1ccc(OC(C)C(=O)Nc2ccc(OC)c(OC)c2)cc1. The number of hydrogen-bond acceptors (Lipinski definition) is 5. The summed E-state index contributed by atoms with van der Waals surface area (Å²) in [7, 11) is 3.08. The maximum Gasteiger partial charge on any atom is 0.265 e. The fourth-order valence-corrected chi connectivity index (χ4v) is 2.34. The lowest BCUT2D eigenvalue weighted by Gasteiger charge is -2.16. The van der Waals surface area contributed by atoms with Crippen LogP contribution in [0, 0.1) is 0 Å². The minimum absolute atomic E-state index is 0.0656. The van der Waals surface area contributed by atoms with Crippen molar-refractivity contribution in [2.75, 3.05) is 19.5 Å². The fraction of sp³-hybridized carbons (Fsp3) is 0.300. The Hall–Kier alpha value is -3.02. The Morgan fingerprint density at radius 3 is 2.23 bits per heavy atom. The molecule has 1 atom stereocenters. The highest BCUT2D eigenvalue weighted by Gasteiger charge is 2.16. The zero-order valence-electron chi connectivity index (χ0n) is 15.4. The second-order valence-corrected chi connectivity index (χ2v) is 5.62. The molecule has 0 aliphatic carbocycles. The van der Waals surface area contributed by atoms with E-state index in [2.05, 4.69) is 5.32 Å². The Bertz CT molecular complexity index is 770. The summed E-state index contributed by atoms with van der Waals surface area (Å²) < 4.78 is 16.0. The van der Waals surface area contributed by atoms with E-state index in [1.807, 2.05) is 6.92 Å². The molecule has 0 heterocycles. The maximum absolute atomic E-state index is 12.3. The Kier molecular flexibility index (Phi) is 6.60. The van der Waals surface area contributed by atoms with Gasteiger partial charge in [-0.25, -0.2) is 0 Å². The fourth-order valence-electron chi connectivity index (χ4n) is 2.34. The largest absolute Gasteiger partial charge is 0.493 e. The van der Waals surface area contributed by atoms with Crippen LogP contribution in [0.15, 0.2) is 42.5 Å². The summed E-state index contributed by atoms with van der Waals surface area (Å²) in [5.74, 6) is 1.39. The first kappa shape index (κ1) is 19.3. The third-order valence-corrected chi connectivity index (χ3v) is 3.83. The van der Waals surface area contributed by atoms with Gasteiger partial charge in [0.15, 0.2) is 23.4 Å². The molecular weight excluding hydrogens is 334 g/mol. The number of ketones is 1. The van der Waals surface area contributed by atoms with E-state index in [9.17, 15) is 9.59 Å². The minimum atomic E-state index is -0.712. The number of anilines is 1. The Morgan fingerprint density at radius 2 is 1.65 bits per heavy atom. The summed E-state index contributed by atoms with van der Waals surface area (Å²) in [5, 5.41) is 2.77. The monoisotopic (exact) mass is 357 g/mol. The molecule has 0 bridgehead atoms. The molecule has 0 fully saturated rings. The van der Waals surface area contributed by atoms with E-state index in [0.717, 1.165) is 0 Å². The predicted octanol–water partition coefficient (Wildman–Crippen LogP) is 3.70. The number of ether oxygens (including phenoxy) is 3. The topological polar surface area (TPSA) is 73.9 Å². The van der Waals surface area contributed by atoms with E-state index in [1.54, 1.807) is 56.5 Å². The number of carbonyl (C=O) groups is 2. The van der Waals surface area contributed by atoms with Gasteiger partial charge in [0, 0.05) is 23.7 Å². The normalized spacial score (nSPS) is 11.4. The van der Waals surface area contributed by atoms with Crippen LogP contribution in [0.25, 0.3) is 0 Å². The van der Waals surface area contributed by atoms with Gasteiger partial charge in [-0.15, -0.1) is 0 Å². The highest BCUT2D eigenvalue weighted by Crippen LogP contribution is 2.29. The zero-order valence-corrected chi connectivity index (χ0v) is 15.4. The number of amides is 1. The lowest BCUT2D eigenvalue weighted by Crippen LogP contribution is -2.30. The van der Waals surface area contributed by atoms with E-state index in [0.29, 0.717) is 34.9 Å². The molecule has 0 spiro atoms. The number of carbonyl (C=O) groups excluding carboxylic acids is 2. The molecule has 1 amide bonds. The van der Waals surface area contributed by atoms with Gasteiger partial charge in [0.2, 0.25) is 0 Å². The standard InChI is InChI=1S/C20H23NO5/c1-5-17(22)14-6-9-16(10-7-14)26-13(2)20(23)21-15-8-11-18(24-3)19(12-15)25-4/h6-13H,5H2,1-4H3,(H,21,23). The second kappa shape index (κ2) is 8.89. The van der Waals surface area contributed by atoms with Crippen molar-refractivity contribution in [2.24, 2.45) is 0 Å². The minimum Gasteiger partial charge on any atom is -0.493 e. The maximum atomic E-state index is 12.3. The van der Waals surface area contributed by atoms with Crippen LogP contribution >= 0.6 is 0 Å². The van der Waals surface area contributed by atoms with Gasteiger partial charge < -0.3 is 19.5 Å². The number of nitrogens with one attached hydrogen (secondary N) is 1. The van der Waals surface area contributed by atoms with E-state index in [-0.39, 0.29) is 11.7 Å². The molecule has 1 unspecified atom stereocenters. The first-order valence-electron chi connectivity index (χ1n) is 8.31. The Morgan fingerprint density at radius 1 is 1.00 bits per heavy atom. The average molecular weight is 357 g/mol. The lowest BCUT2D eigenvalue weighted by atomic mass is 10.1. The third-order valence-electron chi connectivity index (χ3n) is 3.83. The molecule has 0 aromatic heterocycles. The van der Waals surface area contributed by atoms with Gasteiger partial charge in [-0.1, -0.05) is 6.92 Å². The molecule has 0 saturated carbocycles. The molecule has 6 heteroatoms. The Labute approximate surface area is 153 Å². The molecule has 2 rings (SSSR count). The molecule has 26 heavy (non-hydrogen) atoms. The van der Waals surface area contributed by atoms with Crippen molar-refractivity contribution >= 4 is 17.4 Å². The Balaban J connectivity index is 2.00. The van der Waals surface area contributed by atoms with Crippen molar-refractivity contribution in [2.45, 2.75) is 26.4 Å². The highest BCUT2D eigenvalue weighted by molar-refractivity contribution is 5.96. The summed E-state index contributed by atoms with van der Waals surface area (Å²) in [6, 6.07) is 11.9. The zero-order chi connectivity index (χ0) is 19.1. The smallest absolute Gasteiger partial charge is 0.265 e. The quantitative estimate of drug-likeness (QED) is 0.729. The summed E-state index contributed by atoms with van der Waals surface area (Å²) in [5.41, 5.74) is 1.20. The molecule has 0 radical (unpaired) electrons. The molecule has 2 aromatic rings. The van der Waals surface area contributed by atoms with Gasteiger partial charge in [-0.3, -0.25) is 9.59 Å². The first-order chi connectivity index (χ1) is 12.5. The lowest BCUT2D eigenvalue weighted by molar-refractivity contribution is -0.122. The van der Waals surface area contributed by atoms with Gasteiger partial charge in [-0.05, 0) is 43.3 Å². The number of methoxy groups -OCH3 is 2. The van der Waals surface area contributed by atoms with Crippen molar-refractivity contribution in [1.82, 2.24) is 0 Å². The van der Waals surface area contributed by atoms with Crippen molar-refractivity contribution in [1.29, 1.82) is 0 Å². The van der Waals surface area contributed by atoms with Crippen molar-refractivity contribution < 1.29 is 23.8 Å².